The van der Waals surface area contributed by atoms with E-state index in [1.54, 1.807) is 6.07 Å². The molecule has 0 aliphatic rings. The zero-order valence-corrected chi connectivity index (χ0v) is 9.88. The van der Waals surface area contributed by atoms with Crippen molar-refractivity contribution in [2.24, 2.45) is 0 Å². The highest BCUT2D eigenvalue weighted by Gasteiger charge is 2.11. The fourth-order valence-corrected chi connectivity index (χ4v) is 1.33. The number of nitrogens with two attached hydrogens (primary N) is 1. The highest BCUT2D eigenvalue weighted by Crippen LogP contribution is 2.24. The number of benzene rings is 1. The molecule has 0 bridgehead atoms. The molecule has 1 aromatic carbocycles. The third-order valence-corrected chi connectivity index (χ3v) is 2.01. The second-order valence-electron chi connectivity index (χ2n) is 3.65. The van der Waals surface area contributed by atoms with E-state index in [0.717, 1.165) is 12.5 Å². The molecule has 0 aliphatic heterocycles. The Balaban J connectivity index is 0.000000557. The third kappa shape index (κ3) is 6.94. The van der Waals surface area contributed by atoms with E-state index in [1.165, 1.54) is 0 Å². The zero-order chi connectivity index (χ0) is 13.4. The first-order valence-electron chi connectivity index (χ1n) is 5.10. The Morgan fingerprint density at radius 3 is 2.18 bits per heavy atom. The predicted molar refractivity (Wildman–Crippen MR) is 64.8 cm³/mol. The van der Waals surface area contributed by atoms with Gasteiger partial charge in [-0.25, -0.2) is 0 Å². The molecule has 0 amide bonds. The van der Waals surface area contributed by atoms with Crippen molar-refractivity contribution in [1.29, 1.82) is 0 Å². The van der Waals surface area contributed by atoms with E-state index in [4.69, 9.17) is 20.7 Å². The Morgan fingerprint density at radius 1 is 1.29 bits per heavy atom. The molecule has 1 aromatic rings. The first-order chi connectivity index (χ1) is 7.84. The normalized spacial score (nSPS) is 10.9. The Kier molecular flexibility index (Phi) is 6.40. The van der Waals surface area contributed by atoms with Gasteiger partial charge in [-0.1, -0.05) is 25.1 Å². The van der Waals surface area contributed by atoms with Crippen molar-refractivity contribution in [1.82, 2.24) is 0 Å². The van der Waals surface area contributed by atoms with Crippen LogP contribution < -0.4 is 5.73 Å². The van der Waals surface area contributed by atoms with Gasteiger partial charge in [0.05, 0.1) is 6.42 Å². The van der Waals surface area contributed by atoms with E-state index in [0.29, 0.717) is 5.69 Å². The van der Waals surface area contributed by atoms with Crippen LogP contribution in [0.15, 0.2) is 24.3 Å². The standard InChI is InChI=1S/C10H13NO2.C2H4O2/c1-7(6-10(12)13)8-4-2-3-5-9(8)11;1-2(3)4/h2-5,7H,6,11H2,1H3,(H,12,13);1H3,(H,3,4)/t7-;/m1./s1. The minimum absolute atomic E-state index is 0.0290. The number of rotatable bonds is 3. The lowest BCUT2D eigenvalue weighted by Gasteiger charge is -2.11. The first kappa shape index (κ1) is 15.0. The SMILES string of the molecule is CC(=O)O.C[C@H](CC(=O)O)c1ccccc1N. The van der Waals surface area contributed by atoms with Gasteiger partial charge in [-0.05, 0) is 17.5 Å². The lowest BCUT2D eigenvalue weighted by Crippen LogP contribution is -2.05. The third-order valence-electron chi connectivity index (χ3n) is 2.01. The lowest BCUT2D eigenvalue weighted by atomic mass is 9.96. The molecule has 0 radical (unpaired) electrons. The van der Waals surface area contributed by atoms with Crippen molar-refractivity contribution in [2.45, 2.75) is 26.2 Å². The molecule has 94 valence electrons. The molecule has 0 saturated heterocycles. The van der Waals surface area contributed by atoms with Crippen LogP contribution in [0.3, 0.4) is 0 Å². The minimum Gasteiger partial charge on any atom is -0.481 e. The van der Waals surface area contributed by atoms with E-state index in [9.17, 15) is 4.79 Å². The Morgan fingerprint density at radius 2 is 1.76 bits per heavy atom. The first-order valence-corrected chi connectivity index (χ1v) is 5.10. The smallest absolute Gasteiger partial charge is 0.303 e. The van der Waals surface area contributed by atoms with Crippen LogP contribution in [-0.4, -0.2) is 22.2 Å². The summed E-state index contributed by atoms with van der Waals surface area (Å²) in [5.74, 6) is -1.66. The van der Waals surface area contributed by atoms with Gasteiger partial charge in [0.25, 0.3) is 5.97 Å². The molecule has 0 unspecified atom stereocenters. The summed E-state index contributed by atoms with van der Waals surface area (Å²) in [6.45, 7) is 2.94. The fourth-order valence-electron chi connectivity index (χ4n) is 1.33. The van der Waals surface area contributed by atoms with Crippen molar-refractivity contribution in [3.63, 3.8) is 0 Å². The van der Waals surface area contributed by atoms with E-state index < -0.39 is 11.9 Å². The quantitative estimate of drug-likeness (QED) is 0.700. The maximum Gasteiger partial charge on any atom is 0.303 e. The van der Waals surface area contributed by atoms with Gasteiger partial charge < -0.3 is 15.9 Å². The molecule has 0 fully saturated rings. The van der Waals surface area contributed by atoms with Crippen molar-refractivity contribution < 1.29 is 19.8 Å². The Labute approximate surface area is 99.9 Å². The van der Waals surface area contributed by atoms with Gasteiger partial charge in [0.2, 0.25) is 0 Å². The number of hydrogen-bond donors (Lipinski definition) is 3. The van der Waals surface area contributed by atoms with Gasteiger partial charge in [0.15, 0.2) is 0 Å². The van der Waals surface area contributed by atoms with E-state index in [2.05, 4.69) is 0 Å². The Bertz CT molecular complexity index is 386. The predicted octanol–water partition coefficient (Wildman–Crippen LogP) is 1.94. The number of anilines is 1. The van der Waals surface area contributed by atoms with Gasteiger partial charge in [0.1, 0.15) is 0 Å². The van der Waals surface area contributed by atoms with Crippen LogP contribution in [-0.2, 0) is 9.59 Å². The average Bonchev–Trinajstić information content (AvgIpc) is 2.16. The molecule has 5 nitrogen and oxygen atoms in total. The van der Waals surface area contributed by atoms with Crippen LogP contribution in [0.5, 0.6) is 0 Å². The molecule has 0 spiro atoms. The highest BCUT2D eigenvalue weighted by atomic mass is 16.4. The van der Waals surface area contributed by atoms with E-state index >= 15 is 0 Å². The summed E-state index contributed by atoms with van der Waals surface area (Å²) in [6, 6.07) is 7.35. The summed E-state index contributed by atoms with van der Waals surface area (Å²) < 4.78 is 0. The van der Waals surface area contributed by atoms with Gasteiger partial charge in [-0.2, -0.15) is 0 Å². The monoisotopic (exact) mass is 239 g/mol. The molecule has 0 aliphatic carbocycles. The molecule has 0 aromatic heterocycles. The molecule has 17 heavy (non-hydrogen) atoms. The highest BCUT2D eigenvalue weighted by molar-refractivity contribution is 5.68. The lowest BCUT2D eigenvalue weighted by molar-refractivity contribution is -0.137. The molecule has 4 N–H and O–H groups in total. The number of hydrogen-bond acceptors (Lipinski definition) is 3. The molecular formula is C12H17NO4. The minimum atomic E-state index is -0.833. The van der Waals surface area contributed by atoms with Crippen LogP contribution >= 0.6 is 0 Å². The summed E-state index contributed by atoms with van der Waals surface area (Å²) >= 11 is 0. The fraction of sp³-hybridized carbons (Fsp3) is 0.333. The topological polar surface area (TPSA) is 101 Å². The van der Waals surface area contributed by atoms with E-state index in [1.807, 2.05) is 25.1 Å². The molecule has 1 rings (SSSR count). The number of carboxylic acids is 2. The average molecular weight is 239 g/mol. The summed E-state index contributed by atoms with van der Waals surface area (Å²) in [4.78, 5) is 19.5. The second-order valence-corrected chi connectivity index (χ2v) is 3.65. The number of carbonyl (C=O) groups is 2. The molecule has 0 saturated carbocycles. The molecule has 0 heterocycles. The number of carboxylic acid groups (broad SMARTS) is 2. The van der Waals surface area contributed by atoms with Crippen molar-refractivity contribution in [2.75, 3.05) is 5.73 Å². The summed E-state index contributed by atoms with van der Waals surface area (Å²) in [7, 11) is 0. The zero-order valence-electron chi connectivity index (χ0n) is 9.88. The summed E-state index contributed by atoms with van der Waals surface area (Å²) in [5, 5.41) is 16.0. The van der Waals surface area contributed by atoms with E-state index in [-0.39, 0.29) is 12.3 Å². The summed E-state index contributed by atoms with van der Waals surface area (Å²) in [5.41, 5.74) is 7.27. The van der Waals surface area contributed by atoms with Crippen molar-refractivity contribution >= 4 is 17.6 Å². The molecule has 5 heteroatoms. The molecule has 1 atom stereocenters. The molecular weight excluding hydrogens is 222 g/mol. The van der Waals surface area contributed by atoms with Gasteiger partial charge >= 0.3 is 5.97 Å². The van der Waals surface area contributed by atoms with Crippen LogP contribution in [0.4, 0.5) is 5.69 Å². The Hall–Kier alpha value is -2.04. The second kappa shape index (κ2) is 7.27. The maximum atomic E-state index is 10.5. The number of nitrogen functional groups attached to an aromatic ring is 1. The summed E-state index contributed by atoms with van der Waals surface area (Å²) in [6.07, 6.45) is 0.119. The van der Waals surface area contributed by atoms with Crippen LogP contribution in [0.25, 0.3) is 0 Å². The number of para-hydroxylation sites is 1. The van der Waals surface area contributed by atoms with Gasteiger partial charge in [-0.3, -0.25) is 9.59 Å². The van der Waals surface area contributed by atoms with Crippen LogP contribution in [0.2, 0.25) is 0 Å². The maximum absolute atomic E-state index is 10.5. The largest absolute Gasteiger partial charge is 0.481 e. The van der Waals surface area contributed by atoms with Gasteiger partial charge in [-0.15, -0.1) is 0 Å². The van der Waals surface area contributed by atoms with Crippen LogP contribution in [0.1, 0.15) is 31.7 Å². The van der Waals surface area contributed by atoms with Crippen molar-refractivity contribution in [3.8, 4) is 0 Å². The number of aliphatic carboxylic acids is 2. The van der Waals surface area contributed by atoms with Crippen molar-refractivity contribution in [3.05, 3.63) is 29.8 Å². The van der Waals surface area contributed by atoms with Gasteiger partial charge in [0, 0.05) is 12.6 Å². The van der Waals surface area contributed by atoms with Crippen LogP contribution in [0, 0.1) is 0 Å².